The summed E-state index contributed by atoms with van der Waals surface area (Å²) in [6.45, 7) is 1.82. The minimum absolute atomic E-state index is 0.205. The van der Waals surface area contributed by atoms with E-state index in [9.17, 15) is 9.90 Å². The maximum Gasteiger partial charge on any atom is 0.292 e. The Morgan fingerprint density at radius 3 is 3.05 bits per heavy atom. The first kappa shape index (κ1) is 14.3. The van der Waals surface area contributed by atoms with E-state index in [4.69, 9.17) is 0 Å². The number of phenols is 1. The number of nitrogens with zero attached hydrogens (tertiary/aromatic N) is 2. The van der Waals surface area contributed by atoms with Gasteiger partial charge < -0.3 is 5.11 Å². The Labute approximate surface area is 128 Å². The van der Waals surface area contributed by atoms with Crippen molar-refractivity contribution < 1.29 is 9.90 Å². The van der Waals surface area contributed by atoms with Crippen LogP contribution in [0.25, 0.3) is 0 Å². The number of H-pyrrole nitrogens is 1. The number of hydrogen-bond acceptors (Lipinski definition) is 4. The lowest BCUT2D eigenvalue weighted by Crippen LogP contribution is -2.20. The molecule has 22 heavy (non-hydrogen) atoms. The predicted molar refractivity (Wildman–Crippen MR) is 83.1 cm³/mol. The molecule has 0 spiro atoms. The largest absolute Gasteiger partial charge is 0.508 e. The standard InChI is InChI=1S/C16H18N4O2/c1-10-6-7-11(8-14(10)21)9-17-20-16(22)15-12-4-2-3-5-13(12)18-19-15/h6-9,21H,2-5H2,1H3,(H,18,19)(H,20,22)/b17-9+. The molecule has 0 fully saturated rings. The quantitative estimate of drug-likeness (QED) is 0.598. The van der Waals surface area contributed by atoms with Gasteiger partial charge in [0.05, 0.1) is 6.21 Å². The monoisotopic (exact) mass is 298 g/mol. The van der Waals surface area contributed by atoms with E-state index in [1.807, 2.05) is 13.0 Å². The van der Waals surface area contributed by atoms with Gasteiger partial charge in [-0.1, -0.05) is 12.1 Å². The highest BCUT2D eigenvalue weighted by Crippen LogP contribution is 2.22. The van der Waals surface area contributed by atoms with E-state index in [-0.39, 0.29) is 11.7 Å². The summed E-state index contributed by atoms with van der Waals surface area (Å²) in [6, 6.07) is 5.21. The van der Waals surface area contributed by atoms with Crippen LogP contribution in [0.3, 0.4) is 0 Å². The molecule has 1 aromatic carbocycles. The van der Waals surface area contributed by atoms with E-state index in [1.54, 1.807) is 12.1 Å². The second kappa shape index (κ2) is 6.01. The van der Waals surface area contributed by atoms with Gasteiger partial charge in [0.2, 0.25) is 0 Å². The molecule has 0 atom stereocenters. The van der Waals surface area contributed by atoms with Gasteiger partial charge >= 0.3 is 0 Å². The SMILES string of the molecule is Cc1ccc(/C=N/NC(=O)c2n[nH]c3c2CCCC3)cc1O. The number of carbonyl (C=O) groups excluding carboxylic acids is 1. The molecule has 0 saturated heterocycles. The zero-order valence-corrected chi connectivity index (χ0v) is 12.4. The molecule has 0 bridgehead atoms. The molecule has 0 saturated carbocycles. The summed E-state index contributed by atoms with van der Waals surface area (Å²) in [6.07, 6.45) is 5.53. The van der Waals surface area contributed by atoms with E-state index in [0.717, 1.165) is 42.5 Å². The fourth-order valence-corrected chi connectivity index (χ4v) is 2.59. The van der Waals surface area contributed by atoms with Gasteiger partial charge in [0.15, 0.2) is 5.69 Å². The number of hydrogen-bond donors (Lipinski definition) is 3. The summed E-state index contributed by atoms with van der Waals surface area (Å²) >= 11 is 0. The molecule has 1 aliphatic rings. The maximum atomic E-state index is 12.1. The molecule has 6 heteroatoms. The molecule has 0 unspecified atom stereocenters. The molecule has 114 valence electrons. The lowest BCUT2D eigenvalue weighted by atomic mass is 9.96. The molecule has 1 aromatic heterocycles. The first-order valence-corrected chi connectivity index (χ1v) is 7.34. The number of rotatable bonds is 3. The third-order valence-corrected chi connectivity index (χ3v) is 3.88. The van der Waals surface area contributed by atoms with E-state index in [2.05, 4.69) is 20.7 Å². The average molecular weight is 298 g/mol. The van der Waals surface area contributed by atoms with Gasteiger partial charge in [-0.25, -0.2) is 5.43 Å². The minimum Gasteiger partial charge on any atom is -0.508 e. The summed E-state index contributed by atoms with van der Waals surface area (Å²) < 4.78 is 0. The number of hydrazone groups is 1. The Morgan fingerprint density at radius 2 is 2.23 bits per heavy atom. The van der Waals surface area contributed by atoms with Crippen LogP contribution >= 0.6 is 0 Å². The topological polar surface area (TPSA) is 90.4 Å². The second-order valence-corrected chi connectivity index (χ2v) is 5.48. The number of aromatic hydroxyl groups is 1. The van der Waals surface area contributed by atoms with Crippen molar-refractivity contribution in [2.45, 2.75) is 32.6 Å². The molecule has 0 radical (unpaired) electrons. The summed E-state index contributed by atoms with van der Waals surface area (Å²) in [5.41, 5.74) is 6.49. The Kier molecular flexibility index (Phi) is 3.91. The third-order valence-electron chi connectivity index (χ3n) is 3.88. The molecule has 2 aromatic rings. The average Bonchev–Trinajstić information content (AvgIpc) is 2.95. The maximum absolute atomic E-state index is 12.1. The third kappa shape index (κ3) is 2.86. The molecule has 3 rings (SSSR count). The summed E-state index contributed by atoms with van der Waals surface area (Å²) in [4.78, 5) is 12.1. The molecule has 3 N–H and O–H groups in total. The summed E-state index contributed by atoms with van der Waals surface area (Å²) in [7, 11) is 0. The fraction of sp³-hybridized carbons (Fsp3) is 0.312. The highest BCUT2D eigenvalue weighted by Gasteiger charge is 2.21. The Hall–Kier alpha value is -2.63. The van der Waals surface area contributed by atoms with Crippen molar-refractivity contribution in [3.05, 3.63) is 46.3 Å². The van der Waals surface area contributed by atoms with Crippen LogP contribution in [-0.4, -0.2) is 27.4 Å². The van der Waals surface area contributed by atoms with Gasteiger partial charge in [0, 0.05) is 11.3 Å². The molecule has 1 amide bonds. The van der Waals surface area contributed by atoms with Gasteiger partial charge in [0.25, 0.3) is 5.91 Å². The van der Waals surface area contributed by atoms with Gasteiger partial charge in [-0.05, 0) is 49.8 Å². The summed E-state index contributed by atoms with van der Waals surface area (Å²) in [5, 5.41) is 20.6. The molecule has 0 aliphatic heterocycles. The highest BCUT2D eigenvalue weighted by atomic mass is 16.3. The Morgan fingerprint density at radius 1 is 1.41 bits per heavy atom. The first-order chi connectivity index (χ1) is 10.6. The van der Waals surface area contributed by atoms with Crippen molar-refractivity contribution in [1.82, 2.24) is 15.6 Å². The number of benzene rings is 1. The van der Waals surface area contributed by atoms with Crippen molar-refractivity contribution >= 4 is 12.1 Å². The van der Waals surface area contributed by atoms with Crippen LogP contribution in [-0.2, 0) is 12.8 Å². The molecule has 1 heterocycles. The van der Waals surface area contributed by atoms with Gasteiger partial charge in [-0.3, -0.25) is 9.89 Å². The first-order valence-electron chi connectivity index (χ1n) is 7.34. The number of amides is 1. The lowest BCUT2D eigenvalue weighted by Gasteiger charge is -2.10. The van der Waals surface area contributed by atoms with Crippen LogP contribution in [0.4, 0.5) is 0 Å². The van der Waals surface area contributed by atoms with Crippen molar-refractivity contribution in [2.75, 3.05) is 0 Å². The number of fused-ring (bicyclic) bond motifs is 1. The highest BCUT2D eigenvalue weighted by molar-refractivity contribution is 5.94. The molecular weight excluding hydrogens is 280 g/mol. The molecular formula is C16H18N4O2. The number of aromatic nitrogens is 2. The van der Waals surface area contributed by atoms with Crippen LogP contribution in [0.2, 0.25) is 0 Å². The van der Waals surface area contributed by atoms with E-state index in [1.165, 1.54) is 6.21 Å². The van der Waals surface area contributed by atoms with Crippen molar-refractivity contribution in [2.24, 2.45) is 5.10 Å². The molecule has 1 aliphatic carbocycles. The zero-order valence-electron chi connectivity index (χ0n) is 12.4. The van der Waals surface area contributed by atoms with Crippen LogP contribution in [0.5, 0.6) is 5.75 Å². The molecule has 6 nitrogen and oxygen atoms in total. The number of aryl methyl sites for hydroxylation is 2. The smallest absolute Gasteiger partial charge is 0.292 e. The summed E-state index contributed by atoms with van der Waals surface area (Å²) in [5.74, 6) is -0.108. The second-order valence-electron chi connectivity index (χ2n) is 5.48. The van der Waals surface area contributed by atoms with E-state index in [0.29, 0.717) is 11.3 Å². The lowest BCUT2D eigenvalue weighted by molar-refractivity contribution is 0.0949. The fourth-order valence-electron chi connectivity index (χ4n) is 2.59. The van der Waals surface area contributed by atoms with Crippen LogP contribution in [0.15, 0.2) is 23.3 Å². The number of carbonyl (C=O) groups is 1. The van der Waals surface area contributed by atoms with Gasteiger partial charge in [-0.2, -0.15) is 10.2 Å². The van der Waals surface area contributed by atoms with Gasteiger partial charge in [-0.15, -0.1) is 0 Å². The van der Waals surface area contributed by atoms with E-state index >= 15 is 0 Å². The normalized spacial score (nSPS) is 14.0. The van der Waals surface area contributed by atoms with Crippen LogP contribution in [0.1, 0.15) is 45.7 Å². The Balaban J connectivity index is 1.68. The number of aromatic amines is 1. The number of phenolic OH excluding ortho intramolecular Hbond substituents is 1. The van der Waals surface area contributed by atoms with Crippen LogP contribution < -0.4 is 5.43 Å². The van der Waals surface area contributed by atoms with Crippen LogP contribution in [0, 0.1) is 6.92 Å². The minimum atomic E-state index is -0.313. The Bertz CT molecular complexity index is 734. The number of nitrogens with one attached hydrogen (secondary N) is 2. The van der Waals surface area contributed by atoms with Crippen molar-refractivity contribution in [3.8, 4) is 5.75 Å². The van der Waals surface area contributed by atoms with E-state index < -0.39 is 0 Å². The van der Waals surface area contributed by atoms with Gasteiger partial charge in [0.1, 0.15) is 5.75 Å². The van der Waals surface area contributed by atoms with Crippen molar-refractivity contribution in [3.63, 3.8) is 0 Å². The zero-order chi connectivity index (χ0) is 15.5. The van der Waals surface area contributed by atoms with Crippen molar-refractivity contribution in [1.29, 1.82) is 0 Å². The predicted octanol–water partition coefficient (Wildman–Crippen LogP) is 2.07.